The van der Waals surface area contributed by atoms with E-state index in [0.717, 1.165) is 6.07 Å². The van der Waals surface area contributed by atoms with Crippen LogP contribution in [0.1, 0.15) is 45.4 Å². The number of nitrogens with one attached hydrogen (secondary N) is 1. The summed E-state index contributed by atoms with van der Waals surface area (Å²) in [7, 11) is 0. The summed E-state index contributed by atoms with van der Waals surface area (Å²) in [4.78, 5) is 30.3. The topological polar surface area (TPSA) is 95.3 Å². The van der Waals surface area contributed by atoms with Crippen LogP contribution >= 0.6 is 0 Å². The molecule has 2 fully saturated rings. The zero-order valence-corrected chi connectivity index (χ0v) is 18.3. The van der Waals surface area contributed by atoms with Crippen LogP contribution in [0.25, 0.3) is 0 Å². The van der Waals surface area contributed by atoms with Crippen LogP contribution < -0.4 is 26.5 Å². The van der Waals surface area contributed by atoms with E-state index in [1.54, 1.807) is 26.8 Å². The molecule has 158 valence electrons. The number of ether oxygens (including phenoxy) is 1. The molecule has 2 amide bonds. The van der Waals surface area contributed by atoms with Crippen molar-refractivity contribution in [2.45, 2.75) is 59.4 Å². The summed E-state index contributed by atoms with van der Waals surface area (Å²) in [6.45, 7) is 7.12. The number of hydrogen-bond donors (Lipinski definition) is 1. The van der Waals surface area contributed by atoms with Crippen LogP contribution in [0.4, 0.5) is 23.8 Å². The summed E-state index contributed by atoms with van der Waals surface area (Å²) in [5.74, 6) is -1.16. The molecule has 11 heteroatoms. The van der Waals surface area contributed by atoms with Gasteiger partial charge >= 0.3 is 176 Å². The summed E-state index contributed by atoms with van der Waals surface area (Å²) in [6, 6.07) is 2.46. The van der Waals surface area contributed by atoms with E-state index >= 15 is 0 Å². The van der Waals surface area contributed by atoms with Crippen LogP contribution in [0.5, 0.6) is 0 Å². The first-order valence-corrected chi connectivity index (χ1v) is 11.0. The van der Waals surface area contributed by atoms with Crippen molar-refractivity contribution < 1.29 is 48.7 Å². The number of nitrogens with zero attached hydrogens (tertiary/aromatic N) is 3. The Kier molecular flexibility index (Phi) is 5.21. The van der Waals surface area contributed by atoms with Crippen molar-refractivity contribution in [3.05, 3.63) is 23.4 Å². The Labute approximate surface area is 175 Å². The number of anilines is 1. The van der Waals surface area contributed by atoms with Gasteiger partial charge in [-0.2, -0.15) is 0 Å². The number of nitriles is 1. The van der Waals surface area contributed by atoms with Crippen molar-refractivity contribution >= 4 is 17.8 Å². The number of aromatic nitrogens is 1. The van der Waals surface area contributed by atoms with Crippen molar-refractivity contribution in [3.8, 4) is 6.07 Å². The molecule has 0 unspecified atom stereocenters. The van der Waals surface area contributed by atoms with Gasteiger partial charge in [-0.1, -0.05) is 0 Å². The molecule has 1 aromatic heterocycles. The van der Waals surface area contributed by atoms with Crippen molar-refractivity contribution in [1.82, 2.24) is 9.88 Å². The van der Waals surface area contributed by atoms with Gasteiger partial charge in [0, 0.05) is 0 Å². The Morgan fingerprint density at radius 2 is 2.03 bits per heavy atom. The fourth-order valence-corrected chi connectivity index (χ4v) is 6.39. The first-order chi connectivity index (χ1) is 13.2. The van der Waals surface area contributed by atoms with E-state index in [1.165, 1.54) is 4.90 Å². The molecular formula is C18H19F3IN4O3-. The molecule has 0 spiro atoms. The van der Waals surface area contributed by atoms with Gasteiger partial charge in [-0.05, 0) is 0 Å². The Morgan fingerprint density at radius 3 is 2.59 bits per heavy atom. The predicted molar refractivity (Wildman–Crippen MR) is 91.3 cm³/mol. The van der Waals surface area contributed by atoms with E-state index in [4.69, 9.17) is 10.00 Å². The number of carbonyl (C=O) groups excluding carboxylic acids is 2. The monoisotopic (exact) mass is 523 g/mol. The quantitative estimate of drug-likeness (QED) is 0.338. The minimum atomic E-state index is -4.72. The van der Waals surface area contributed by atoms with E-state index in [2.05, 4.69) is 10.3 Å². The number of hydrogen-bond acceptors (Lipinski definition) is 5. The molecule has 0 aliphatic carbocycles. The van der Waals surface area contributed by atoms with Crippen molar-refractivity contribution in [3.63, 3.8) is 0 Å². The minimum absolute atomic E-state index is 0.0585. The second-order valence-corrected chi connectivity index (χ2v) is 12.3. The van der Waals surface area contributed by atoms with Gasteiger partial charge in [0.25, 0.3) is 0 Å². The molecule has 3 heterocycles. The summed E-state index contributed by atoms with van der Waals surface area (Å²) < 4.78 is 44.1. The number of amides is 2. The van der Waals surface area contributed by atoms with Crippen molar-refractivity contribution in [1.29, 1.82) is 5.26 Å². The van der Waals surface area contributed by atoms with Gasteiger partial charge in [0.2, 0.25) is 0 Å². The van der Waals surface area contributed by atoms with Crippen LogP contribution in [0.15, 0.2) is 12.1 Å². The molecule has 1 N–H and O–H groups in total. The van der Waals surface area contributed by atoms with Gasteiger partial charge in [-0.3, -0.25) is 0 Å². The van der Waals surface area contributed by atoms with Crippen LogP contribution in [0, 0.1) is 11.3 Å². The first kappa shape index (κ1) is 21.6. The maximum absolute atomic E-state index is 13.0. The molecule has 3 rings (SSSR count). The zero-order valence-electron chi connectivity index (χ0n) is 16.1. The third kappa shape index (κ3) is 4.41. The second-order valence-electron chi connectivity index (χ2n) is 8.02. The average molecular weight is 523 g/mol. The van der Waals surface area contributed by atoms with Gasteiger partial charge in [0.1, 0.15) is 0 Å². The molecule has 29 heavy (non-hydrogen) atoms. The molecule has 3 atom stereocenters. The Balaban J connectivity index is 1.85. The molecule has 2 aliphatic rings. The summed E-state index contributed by atoms with van der Waals surface area (Å²) in [5.41, 5.74) is -2.17. The predicted octanol–water partition coefficient (Wildman–Crippen LogP) is 0.107. The molecule has 0 bridgehead atoms. The number of halogens is 4. The van der Waals surface area contributed by atoms with E-state index < -0.39 is 41.3 Å². The molecule has 7 nitrogen and oxygen atoms in total. The van der Waals surface area contributed by atoms with Crippen LogP contribution in [-0.4, -0.2) is 41.0 Å². The molecule has 1 aromatic rings. The van der Waals surface area contributed by atoms with E-state index in [9.17, 15) is 22.8 Å². The normalized spacial score (nSPS) is 26.1. The van der Waals surface area contributed by atoms with Gasteiger partial charge in [-0.15, -0.1) is 0 Å². The zero-order chi connectivity index (χ0) is 21.8. The molecular weight excluding hydrogens is 504 g/mol. The SMILES string of the molecule is CC(C)(C)OC(=O)N1[C@H](C(=O)Nc2nc(C(F)(F)F)ccc2C#N)C[C@@]2(C)[I-][C@@H]12. The summed E-state index contributed by atoms with van der Waals surface area (Å²) >= 11 is -0.318. The summed E-state index contributed by atoms with van der Waals surface area (Å²) in [5, 5.41) is 11.5. The number of likely N-dealkylation sites (tertiary alicyclic amines) is 1. The van der Waals surface area contributed by atoms with E-state index in [1.807, 2.05) is 6.92 Å². The van der Waals surface area contributed by atoms with E-state index in [-0.39, 0.29) is 34.2 Å². The number of fused-ring (bicyclic) bond motifs is 1. The number of rotatable bonds is 2. The second kappa shape index (κ2) is 7.00. The third-order valence-corrected chi connectivity index (χ3v) is 8.77. The van der Waals surface area contributed by atoms with Crippen molar-refractivity contribution in [2.75, 3.05) is 5.32 Å². The molecule has 0 aromatic carbocycles. The summed E-state index contributed by atoms with van der Waals surface area (Å²) in [6.07, 6.45) is -4.94. The number of carbonyl (C=O) groups is 2. The van der Waals surface area contributed by atoms with Gasteiger partial charge in [-0.25, -0.2) is 0 Å². The Morgan fingerprint density at radius 1 is 1.38 bits per heavy atom. The fraction of sp³-hybridized carbons (Fsp3) is 0.556. The Bertz CT molecular complexity index is 909. The average Bonchev–Trinajstić information content (AvgIpc) is 3.13. The van der Waals surface area contributed by atoms with Crippen LogP contribution in [0.3, 0.4) is 0 Å². The van der Waals surface area contributed by atoms with Crippen LogP contribution in [0.2, 0.25) is 0 Å². The van der Waals surface area contributed by atoms with Crippen molar-refractivity contribution in [2.24, 2.45) is 0 Å². The maximum atomic E-state index is 13.0. The van der Waals surface area contributed by atoms with E-state index in [0.29, 0.717) is 12.5 Å². The third-order valence-electron chi connectivity index (χ3n) is 4.43. The van der Waals surface area contributed by atoms with Gasteiger partial charge < -0.3 is 0 Å². The standard InChI is InChI=1S/C18H19F3IN4O3/c1-16(2,3)29-15(28)26-10(7-17(4)14(26)22-17)13(27)25-12-9(8-23)5-6-11(24-12)18(19,20)21/h5-6,10,14H,7H2,1-4H3,(H,24,25,27)/q-1/t10-,14-,17+/m0/s1. The number of alkyl halides is 5. The van der Waals surface area contributed by atoms with Gasteiger partial charge in [0.05, 0.1) is 0 Å². The van der Waals surface area contributed by atoms with Crippen LogP contribution in [-0.2, 0) is 15.7 Å². The molecule has 0 saturated carbocycles. The molecule has 2 saturated heterocycles. The molecule has 2 aliphatic heterocycles. The Hall–Kier alpha value is -2.10. The fourth-order valence-electron chi connectivity index (χ4n) is 3.08. The first-order valence-electron chi connectivity index (χ1n) is 8.70. The number of pyridine rings is 1. The molecule has 0 radical (unpaired) electrons. The van der Waals surface area contributed by atoms with Gasteiger partial charge in [0.15, 0.2) is 0 Å².